The van der Waals surface area contributed by atoms with Crippen LogP contribution in [0, 0.1) is 5.82 Å². The maximum absolute atomic E-state index is 13.5. The Hall–Kier alpha value is -2.40. The molecule has 3 rings (SSSR count). The Morgan fingerprint density at radius 1 is 1.35 bits per heavy atom. The fraction of sp³-hybridized carbons (Fsp3) is 0.133. The fourth-order valence-corrected chi connectivity index (χ4v) is 3.60. The highest BCUT2D eigenvalue weighted by molar-refractivity contribution is 8.00. The summed E-state index contributed by atoms with van der Waals surface area (Å²) >= 11 is 0.491. The summed E-state index contributed by atoms with van der Waals surface area (Å²) in [5, 5.41) is 2.04. The molecular formula is C15H9F4N3O2S2. The van der Waals surface area contributed by atoms with Crippen LogP contribution in [-0.4, -0.2) is 28.5 Å². The van der Waals surface area contributed by atoms with Crippen molar-refractivity contribution in [3.05, 3.63) is 41.8 Å². The molecule has 5 nitrogen and oxygen atoms in total. The molecule has 0 radical (unpaired) electrons. The van der Waals surface area contributed by atoms with E-state index in [1.807, 2.05) is 0 Å². The van der Waals surface area contributed by atoms with Gasteiger partial charge in [0.25, 0.3) is 5.91 Å². The maximum atomic E-state index is 13.5. The van der Waals surface area contributed by atoms with Gasteiger partial charge in [0.05, 0.1) is 17.4 Å². The molecule has 0 spiro atoms. The zero-order valence-electron chi connectivity index (χ0n) is 12.9. The lowest BCUT2D eigenvalue weighted by atomic mass is 10.3. The monoisotopic (exact) mass is 403 g/mol. The van der Waals surface area contributed by atoms with E-state index in [9.17, 15) is 22.4 Å². The van der Waals surface area contributed by atoms with Gasteiger partial charge in [0.2, 0.25) is 0 Å². The lowest BCUT2D eigenvalue weighted by molar-refractivity contribution is -0.0329. The molecule has 26 heavy (non-hydrogen) atoms. The molecule has 3 aromatic rings. The highest BCUT2D eigenvalue weighted by Crippen LogP contribution is 2.38. The van der Waals surface area contributed by atoms with E-state index < -0.39 is 34.0 Å². The van der Waals surface area contributed by atoms with E-state index in [0.717, 1.165) is 23.6 Å². The Kier molecular flexibility index (Phi) is 5.01. The van der Waals surface area contributed by atoms with E-state index in [0.29, 0.717) is 10.2 Å². The summed E-state index contributed by atoms with van der Waals surface area (Å²) in [5.41, 5.74) is -4.48. The van der Waals surface area contributed by atoms with E-state index in [1.54, 1.807) is 0 Å². The molecule has 1 N–H and O–H groups in total. The number of hydrogen-bond acceptors (Lipinski definition) is 6. The van der Waals surface area contributed by atoms with Crippen molar-refractivity contribution in [3.63, 3.8) is 0 Å². The SMILES string of the molecule is COc1cc(F)cc2sc(NC(=O)c3cccnc3SC(F)(F)F)nc12. The quantitative estimate of drug-likeness (QED) is 0.505. The molecule has 0 bridgehead atoms. The summed E-state index contributed by atoms with van der Waals surface area (Å²) in [7, 11) is 1.35. The lowest BCUT2D eigenvalue weighted by Crippen LogP contribution is -2.14. The molecule has 1 amide bonds. The second kappa shape index (κ2) is 7.08. The molecule has 0 atom stereocenters. The van der Waals surface area contributed by atoms with Gasteiger partial charge in [-0.2, -0.15) is 13.2 Å². The molecule has 2 heterocycles. The Bertz CT molecular complexity index is 975. The van der Waals surface area contributed by atoms with Crippen LogP contribution in [0.4, 0.5) is 22.7 Å². The minimum Gasteiger partial charge on any atom is -0.494 e. The molecule has 0 saturated carbocycles. The number of hydrogen-bond donors (Lipinski definition) is 1. The van der Waals surface area contributed by atoms with Gasteiger partial charge in [-0.05, 0) is 18.2 Å². The minimum absolute atomic E-state index is 0.0979. The average Bonchev–Trinajstić information content (AvgIpc) is 2.95. The number of amides is 1. The van der Waals surface area contributed by atoms with Crippen LogP contribution >= 0.6 is 23.1 Å². The third kappa shape index (κ3) is 4.05. The Morgan fingerprint density at radius 2 is 2.12 bits per heavy atom. The first-order valence-corrected chi connectivity index (χ1v) is 8.56. The van der Waals surface area contributed by atoms with E-state index in [1.165, 1.54) is 25.3 Å². The molecule has 2 aromatic heterocycles. The maximum Gasteiger partial charge on any atom is 0.447 e. The van der Waals surface area contributed by atoms with Gasteiger partial charge < -0.3 is 4.74 Å². The van der Waals surface area contributed by atoms with Crippen molar-refractivity contribution in [2.75, 3.05) is 12.4 Å². The number of nitrogens with one attached hydrogen (secondary N) is 1. The number of thiazole rings is 1. The van der Waals surface area contributed by atoms with Crippen molar-refractivity contribution < 1.29 is 27.1 Å². The van der Waals surface area contributed by atoms with Crippen molar-refractivity contribution in [2.24, 2.45) is 0 Å². The predicted octanol–water partition coefficient (Wildman–Crippen LogP) is 4.70. The van der Waals surface area contributed by atoms with Gasteiger partial charge in [0.1, 0.15) is 22.1 Å². The molecule has 0 aliphatic rings. The standard InChI is InChI=1S/C15H9F4N3O2S2/c1-24-9-5-7(16)6-10-11(9)21-14(25-10)22-12(23)8-3-2-4-20-13(8)26-15(17,18)19/h2-6H,1H3,(H,21,22,23). The number of fused-ring (bicyclic) bond motifs is 1. The van der Waals surface area contributed by atoms with Crippen molar-refractivity contribution in [1.82, 2.24) is 9.97 Å². The number of alkyl halides is 3. The molecular weight excluding hydrogens is 394 g/mol. The average molecular weight is 403 g/mol. The van der Waals surface area contributed by atoms with Crippen LogP contribution in [0.15, 0.2) is 35.5 Å². The molecule has 136 valence electrons. The summed E-state index contributed by atoms with van der Waals surface area (Å²) in [4.78, 5) is 20.1. The molecule has 0 fully saturated rings. The minimum atomic E-state index is -4.58. The highest BCUT2D eigenvalue weighted by atomic mass is 32.2. The van der Waals surface area contributed by atoms with Crippen molar-refractivity contribution in [3.8, 4) is 5.75 Å². The number of methoxy groups -OCH3 is 1. The van der Waals surface area contributed by atoms with Gasteiger partial charge in [0, 0.05) is 24.0 Å². The first kappa shape index (κ1) is 18.4. The number of carbonyl (C=O) groups excluding carboxylic acids is 1. The summed E-state index contributed by atoms with van der Waals surface area (Å²) in [6.45, 7) is 0. The van der Waals surface area contributed by atoms with Crippen LogP contribution in [0.2, 0.25) is 0 Å². The van der Waals surface area contributed by atoms with Crippen molar-refractivity contribution in [2.45, 2.75) is 10.5 Å². The Morgan fingerprint density at radius 3 is 2.81 bits per heavy atom. The molecule has 1 aromatic carbocycles. The first-order chi connectivity index (χ1) is 12.3. The number of thioether (sulfide) groups is 1. The first-order valence-electron chi connectivity index (χ1n) is 6.93. The van der Waals surface area contributed by atoms with Crippen LogP contribution < -0.4 is 10.1 Å². The van der Waals surface area contributed by atoms with Gasteiger partial charge >= 0.3 is 5.51 Å². The Labute approximate surface area is 152 Å². The topological polar surface area (TPSA) is 64.1 Å². The fourth-order valence-electron chi connectivity index (χ4n) is 2.09. The van der Waals surface area contributed by atoms with Gasteiger partial charge in [0.15, 0.2) is 5.13 Å². The number of rotatable bonds is 4. The van der Waals surface area contributed by atoms with Crippen molar-refractivity contribution in [1.29, 1.82) is 0 Å². The zero-order valence-corrected chi connectivity index (χ0v) is 14.6. The number of anilines is 1. The van der Waals surface area contributed by atoms with Crippen molar-refractivity contribution >= 4 is 44.4 Å². The number of ether oxygens (including phenoxy) is 1. The number of halogens is 4. The van der Waals surface area contributed by atoms with Gasteiger partial charge in [-0.1, -0.05) is 11.3 Å². The summed E-state index contributed by atoms with van der Waals surface area (Å²) in [5.74, 6) is -1.15. The number of pyridine rings is 1. The third-order valence-corrected chi connectivity index (χ3v) is 4.76. The second-order valence-corrected chi connectivity index (χ2v) is 6.92. The third-order valence-electron chi connectivity index (χ3n) is 3.09. The van der Waals surface area contributed by atoms with E-state index >= 15 is 0 Å². The number of benzene rings is 1. The van der Waals surface area contributed by atoms with Crippen LogP contribution in [0.5, 0.6) is 5.75 Å². The number of nitrogens with zero attached hydrogens (tertiary/aromatic N) is 2. The molecule has 0 aliphatic heterocycles. The summed E-state index contributed by atoms with van der Waals surface area (Å²) in [6, 6.07) is 4.95. The normalized spacial score (nSPS) is 11.6. The van der Waals surface area contributed by atoms with E-state index in [4.69, 9.17) is 4.74 Å². The Balaban J connectivity index is 1.90. The zero-order chi connectivity index (χ0) is 18.9. The van der Waals surface area contributed by atoms with Crippen LogP contribution in [0.1, 0.15) is 10.4 Å². The number of aromatic nitrogens is 2. The molecule has 0 saturated heterocycles. The molecule has 11 heteroatoms. The number of carbonyl (C=O) groups is 1. The van der Waals surface area contributed by atoms with Gasteiger partial charge in [-0.25, -0.2) is 14.4 Å². The largest absolute Gasteiger partial charge is 0.494 e. The lowest BCUT2D eigenvalue weighted by Gasteiger charge is -2.09. The summed E-state index contributed by atoms with van der Waals surface area (Å²) < 4.78 is 56.8. The second-order valence-electron chi connectivity index (χ2n) is 4.83. The highest BCUT2D eigenvalue weighted by Gasteiger charge is 2.32. The summed E-state index contributed by atoms with van der Waals surface area (Å²) in [6.07, 6.45) is 1.16. The van der Waals surface area contributed by atoms with Crippen LogP contribution in [0.3, 0.4) is 0 Å². The van der Waals surface area contributed by atoms with E-state index in [-0.39, 0.29) is 16.4 Å². The predicted molar refractivity (Wildman–Crippen MR) is 90.2 cm³/mol. The van der Waals surface area contributed by atoms with Gasteiger partial charge in [-0.15, -0.1) is 0 Å². The smallest absolute Gasteiger partial charge is 0.447 e. The molecule has 0 unspecified atom stereocenters. The van der Waals surface area contributed by atoms with Crippen LogP contribution in [-0.2, 0) is 0 Å². The van der Waals surface area contributed by atoms with Gasteiger partial charge in [-0.3, -0.25) is 10.1 Å². The molecule has 0 aliphatic carbocycles. The van der Waals surface area contributed by atoms with E-state index in [2.05, 4.69) is 15.3 Å². The van der Waals surface area contributed by atoms with Crippen LogP contribution in [0.25, 0.3) is 10.2 Å².